The van der Waals surface area contributed by atoms with E-state index in [1.807, 2.05) is 13.0 Å². The van der Waals surface area contributed by atoms with Crippen LogP contribution >= 0.6 is 0 Å². The average molecular weight is 262 g/mol. The van der Waals surface area contributed by atoms with Gasteiger partial charge in [0.25, 0.3) is 0 Å². The predicted molar refractivity (Wildman–Crippen MR) is 77.2 cm³/mol. The molecule has 0 saturated carbocycles. The molecular weight excluding hydrogens is 240 g/mol. The molecule has 4 nitrogen and oxygen atoms in total. The number of fused-ring (bicyclic) bond motifs is 2. The second-order valence-corrected chi connectivity index (χ2v) is 5.12. The number of likely N-dealkylation sites (N-methyl/N-ethyl adjacent to an activating group) is 1. The summed E-state index contributed by atoms with van der Waals surface area (Å²) in [4.78, 5) is 2.45. The second-order valence-electron chi connectivity index (χ2n) is 5.12. The molecule has 0 amide bonds. The van der Waals surface area contributed by atoms with Crippen molar-refractivity contribution in [2.45, 2.75) is 19.9 Å². The Morgan fingerprint density at radius 2 is 2.26 bits per heavy atom. The minimum absolute atomic E-state index is 0.482. The van der Waals surface area contributed by atoms with Gasteiger partial charge in [0.1, 0.15) is 11.4 Å². The normalized spacial score (nSPS) is 25.3. The van der Waals surface area contributed by atoms with Gasteiger partial charge in [-0.1, -0.05) is 6.07 Å². The predicted octanol–water partition coefficient (Wildman–Crippen LogP) is 2.35. The number of ether oxygens (including phenoxy) is 2. The van der Waals surface area contributed by atoms with Crippen LogP contribution in [0.2, 0.25) is 0 Å². The van der Waals surface area contributed by atoms with Gasteiger partial charge < -0.3 is 19.7 Å². The monoisotopic (exact) mass is 262 g/mol. The third-order valence-corrected chi connectivity index (χ3v) is 4.06. The summed E-state index contributed by atoms with van der Waals surface area (Å²) < 4.78 is 11.4. The summed E-state index contributed by atoms with van der Waals surface area (Å²) in [6, 6.07) is 6.77. The van der Waals surface area contributed by atoms with Crippen LogP contribution in [0.15, 0.2) is 18.2 Å². The van der Waals surface area contributed by atoms with Gasteiger partial charge in [-0.05, 0) is 26.0 Å². The zero-order valence-corrected chi connectivity index (χ0v) is 11.7. The summed E-state index contributed by atoms with van der Waals surface area (Å²) in [5.41, 5.74) is 2.38. The minimum atomic E-state index is 0.482. The highest BCUT2D eigenvalue weighted by Gasteiger charge is 2.36. The van der Waals surface area contributed by atoms with Gasteiger partial charge in [0.15, 0.2) is 0 Å². The van der Waals surface area contributed by atoms with Crippen molar-refractivity contribution in [1.29, 1.82) is 0 Å². The van der Waals surface area contributed by atoms with Crippen molar-refractivity contribution >= 4 is 11.4 Å². The molecule has 0 bridgehead atoms. The quantitative estimate of drug-likeness (QED) is 0.906. The highest BCUT2D eigenvalue weighted by Crippen LogP contribution is 2.40. The van der Waals surface area contributed by atoms with Gasteiger partial charge in [0.2, 0.25) is 0 Å². The molecule has 2 aliphatic rings. The van der Waals surface area contributed by atoms with Gasteiger partial charge in [-0.25, -0.2) is 0 Å². The molecule has 1 N–H and O–H groups in total. The van der Waals surface area contributed by atoms with Crippen molar-refractivity contribution < 1.29 is 9.47 Å². The average Bonchev–Trinajstić information content (AvgIpc) is 2.82. The lowest BCUT2D eigenvalue weighted by Gasteiger charge is -2.31. The van der Waals surface area contributed by atoms with Crippen molar-refractivity contribution in [1.82, 2.24) is 0 Å². The maximum atomic E-state index is 5.75. The molecule has 104 valence electrons. The van der Waals surface area contributed by atoms with E-state index in [4.69, 9.17) is 9.47 Å². The number of benzene rings is 1. The van der Waals surface area contributed by atoms with E-state index in [1.54, 1.807) is 0 Å². The zero-order valence-electron chi connectivity index (χ0n) is 11.7. The molecule has 1 fully saturated rings. The number of anilines is 2. The number of para-hydroxylation sites is 1. The molecule has 4 heteroatoms. The molecule has 0 radical (unpaired) electrons. The van der Waals surface area contributed by atoms with Gasteiger partial charge in [-0.2, -0.15) is 0 Å². The van der Waals surface area contributed by atoms with Crippen LogP contribution in [0.1, 0.15) is 13.8 Å². The number of hydrogen-bond acceptors (Lipinski definition) is 4. The van der Waals surface area contributed by atoms with E-state index in [9.17, 15) is 0 Å². The Bertz CT molecular complexity index is 450. The van der Waals surface area contributed by atoms with Crippen molar-refractivity contribution in [3.8, 4) is 5.75 Å². The number of hydrogen-bond donors (Lipinski definition) is 1. The van der Waals surface area contributed by atoms with Crippen LogP contribution in [0.3, 0.4) is 0 Å². The van der Waals surface area contributed by atoms with Crippen LogP contribution in [0.25, 0.3) is 0 Å². The van der Waals surface area contributed by atoms with E-state index in [-0.39, 0.29) is 0 Å². The van der Waals surface area contributed by atoms with Crippen molar-refractivity contribution in [2.75, 3.05) is 43.1 Å². The van der Waals surface area contributed by atoms with Crippen LogP contribution in [0, 0.1) is 5.92 Å². The smallest absolute Gasteiger partial charge is 0.144 e. The first kappa shape index (κ1) is 12.6. The Balaban J connectivity index is 2.01. The van der Waals surface area contributed by atoms with Crippen molar-refractivity contribution in [2.24, 2.45) is 5.92 Å². The molecule has 1 saturated heterocycles. The Labute approximate surface area is 114 Å². The van der Waals surface area contributed by atoms with E-state index in [2.05, 4.69) is 29.3 Å². The van der Waals surface area contributed by atoms with E-state index in [0.29, 0.717) is 18.6 Å². The lowest BCUT2D eigenvalue weighted by Crippen LogP contribution is -2.40. The Morgan fingerprint density at radius 1 is 1.37 bits per heavy atom. The van der Waals surface area contributed by atoms with Gasteiger partial charge in [-0.15, -0.1) is 0 Å². The fourth-order valence-electron chi connectivity index (χ4n) is 3.16. The van der Waals surface area contributed by atoms with Crippen LogP contribution in [-0.2, 0) is 4.74 Å². The first-order valence-electron chi connectivity index (χ1n) is 7.19. The molecule has 0 aliphatic carbocycles. The summed E-state index contributed by atoms with van der Waals surface area (Å²) in [7, 11) is 0. The number of rotatable bonds is 3. The first-order chi connectivity index (χ1) is 9.35. The minimum Gasteiger partial charge on any atom is -0.492 e. The standard InChI is InChI=1S/C15H22N2O2/c1-3-17-12-6-5-7-14(19-4-2)15(12)16-8-11-9-18-10-13(11)17/h5-7,11,13,16H,3-4,8-10H2,1-2H3. The summed E-state index contributed by atoms with van der Waals surface area (Å²) >= 11 is 0. The van der Waals surface area contributed by atoms with Gasteiger partial charge in [0, 0.05) is 19.0 Å². The van der Waals surface area contributed by atoms with E-state index in [0.717, 1.165) is 37.7 Å². The molecule has 0 aromatic heterocycles. The molecule has 19 heavy (non-hydrogen) atoms. The number of nitrogens with zero attached hydrogens (tertiary/aromatic N) is 1. The third-order valence-electron chi connectivity index (χ3n) is 4.06. The van der Waals surface area contributed by atoms with Crippen molar-refractivity contribution in [3.05, 3.63) is 18.2 Å². The first-order valence-corrected chi connectivity index (χ1v) is 7.19. The van der Waals surface area contributed by atoms with Crippen LogP contribution < -0.4 is 15.0 Å². The summed E-state index contributed by atoms with van der Waals surface area (Å²) in [5.74, 6) is 1.51. The van der Waals surface area contributed by atoms with E-state index < -0.39 is 0 Å². The SMILES string of the molecule is CCOc1cccc2c1NCC1COCC1N2CC. The molecule has 1 aromatic carbocycles. The highest BCUT2D eigenvalue weighted by atomic mass is 16.5. The van der Waals surface area contributed by atoms with Crippen molar-refractivity contribution in [3.63, 3.8) is 0 Å². The van der Waals surface area contributed by atoms with Crippen LogP contribution in [0.5, 0.6) is 5.75 Å². The topological polar surface area (TPSA) is 33.7 Å². The van der Waals surface area contributed by atoms with Gasteiger partial charge in [0.05, 0.1) is 31.5 Å². The fraction of sp³-hybridized carbons (Fsp3) is 0.600. The Morgan fingerprint density at radius 3 is 3.05 bits per heavy atom. The molecule has 3 rings (SSSR count). The Hall–Kier alpha value is -1.42. The lowest BCUT2D eigenvalue weighted by molar-refractivity contribution is 0.185. The second kappa shape index (κ2) is 5.29. The molecule has 2 heterocycles. The number of nitrogens with one attached hydrogen (secondary N) is 1. The summed E-state index contributed by atoms with van der Waals surface area (Å²) in [6.45, 7) is 8.56. The fourth-order valence-corrected chi connectivity index (χ4v) is 3.16. The molecule has 2 aliphatic heterocycles. The molecular formula is C15H22N2O2. The van der Waals surface area contributed by atoms with E-state index in [1.165, 1.54) is 5.69 Å². The van der Waals surface area contributed by atoms with Crippen LogP contribution in [0.4, 0.5) is 11.4 Å². The molecule has 2 unspecified atom stereocenters. The molecule has 1 aromatic rings. The molecule has 0 spiro atoms. The third kappa shape index (κ3) is 2.14. The highest BCUT2D eigenvalue weighted by molar-refractivity contribution is 5.77. The lowest BCUT2D eigenvalue weighted by atomic mass is 10.0. The summed E-state index contributed by atoms with van der Waals surface area (Å²) in [5, 5.41) is 3.57. The van der Waals surface area contributed by atoms with Gasteiger partial charge in [-0.3, -0.25) is 0 Å². The zero-order chi connectivity index (χ0) is 13.2. The Kier molecular flexibility index (Phi) is 3.51. The molecule has 2 atom stereocenters. The summed E-state index contributed by atoms with van der Waals surface area (Å²) in [6.07, 6.45) is 0. The van der Waals surface area contributed by atoms with E-state index >= 15 is 0 Å². The van der Waals surface area contributed by atoms with Crippen LogP contribution in [-0.4, -0.2) is 39.0 Å². The maximum Gasteiger partial charge on any atom is 0.144 e. The maximum absolute atomic E-state index is 5.75. The largest absolute Gasteiger partial charge is 0.492 e. The van der Waals surface area contributed by atoms with Gasteiger partial charge >= 0.3 is 0 Å².